The zero-order valence-corrected chi connectivity index (χ0v) is 7.86. The van der Waals surface area contributed by atoms with Gasteiger partial charge in [0.25, 0.3) is 0 Å². The fourth-order valence-corrected chi connectivity index (χ4v) is 1.15. The first-order valence-corrected chi connectivity index (χ1v) is 4.31. The Kier molecular flexibility index (Phi) is 3.43. The highest BCUT2D eigenvalue weighted by molar-refractivity contribution is 5.66. The Bertz CT molecular complexity index is 272. The Morgan fingerprint density at radius 3 is 2.92 bits per heavy atom. The lowest BCUT2D eigenvalue weighted by atomic mass is 10.1. The van der Waals surface area contributed by atoms with Gasteiger partial charge >= 0.3 is 5.97 Å². The highest BCUT2D eigenvalue weighted by Gasteiger charge is 2.11. The van der Waals surface area contributed by atoms with Crippen molar-refractivity contribution in [3.8, 4) is 0 Å². The molecule has 1 unspecified atom stereocenters. The van der Waals surface area contributed by atoms with Gasteiger partial charge in [-0.05, 0) is 12.5 Å². The normalized spacial score (nSPS) is 12.2. The average Bonchev–Trinajstić information content (AvgIpc) is 2.15. The third kappa shape index (κ3) is 2.86. The lowest BCUT2D eigenvalue weighted by Crippen LogP contribution is -2.07. The monoisotopic (exact) mass is 179 g/mol. The summed E-state index contributed by atoms with van der Waals surface area (Å²) in [5.74, 6) is -0.254. The van der Waals surface area contributed by atoms with Crippen molar-refractivity contribution >= 4 is 5.97 Å². The Morgan fingerprint density at radius 2 is 2.46 bits per heavy atom. The highest BCUT2D eigenvalue weighted by Crippen LogP contribution is 2.19. The molecule has 1 aromatic rings. The average molecular weight is 179 g/mol. The van der Waals surface area contributed by atoms with Gasteiger partial charge in [0.15, 0.2) is 0 Å². The summed E-state index contributed by atoms with van der Waals surface area (Å²) in [5.41, 5.74) is 0.945. The molecule has 0 saturated carbocycles. The number of aromatic nitrogens is 1. The molecule has 0 aliphatic carbocycles. The van der Waals surface area contributed by atoms with E-state index in [1.165, 1.54) is 6.92 Å². The third-order valence-electron chi connectivity index (χ3n) is 1.74. The molecule has 3 heteroatoms. The molecule has 1 heterocycles. The summed E-state index contributed by atoms with van der Waals surface area (Å²) < 4.78 is 5.11. The van der Waals surface area contributed by atoms with Gasteiger partial charge in [0, 0.05) is 24.9 Å². The number of pyridine rings is 1. The van der Waals surface area contributed by atoms with Crippen LogP contribution in [0.15, 0.2) is 24.5 Å². The molecule has 3 nitrogen and oxygen atoms in total. The van der Waals surface area contributed by atoms with E-state index in [9.17, 15) is 4.79 Å². The summed E-state index contributed by atoms with van der Waals surface area (Å²) in [7, 11) is 0. The van der Waals surface area contributed by atoms with Crippen molar-refractivity contribution in [2.24, 2.45) is 0 Å². The van der Waals surface area contributed by atoms with E-state index in [-0.39, 0.29) is 12.1 Å². The summed E-state index contributed by atoms with van der Waals surface area (Å²) in [5, 5.41) is 0. The third-order valence-corrected chi connectivity index (χ3v) is 1.74. The second-order valence-corrected chi connectivity index (χ2v) is 2.79. The van der Waals surface area contributed by atoms with Gasteiger partial charge < -0.3 is 4.74 Å². The van der Waals surface area contributed by atoms with Crippen LogP contribution >= 0.6 is 0 Å². The minimum atomic E-state index is -0.254. The van der Waals surface area contributed by atoms with Crippen LogP contribution in [0.2, 0.25) is 0 Å². The zero-order chi connectivity index (χ0) is 9.68. The number of nitrogens with zero attached hydrogens (tertiary/aromatic N) is 1. The number of esters is 1. The lowest BCUT2D eigenvalue weighted by Gasteiger charge is -2.14. The number of carbonyl (C=O) groups excluding carboxylic acids is 1. The van der Waals surface area contributed by atoms with Crippen molar-refractivity contribution in [1.82, 2.24) is 4.98 Å². The van der Waals surface area contributed by atoms with Gasteiger partial charge in [0.05, 0.1) is 0 Å². The van der Waals surface area contributed by atoms with Gasteiger partial charge in [-0.3, -0.25) is 9.78 Å². The first-order chi connectivity index (χ1) is 6.24. The fourth-order valence-electron chi connectivity index (χ4n) is 1.15. The number of hydrogen-bond donors (Lipinski definition) is 0. The maximum atomic E-state index is 10.7. The minimum Gasteiger partial charge on any atom is -0.458 e. The van der Waals surface area contributed by atoms with Crippen LogP contribution in [0, 0.1) is 0 Å². The highest BCUT2D eigenvalue weighted by atomic mass is 16.5. The Labute approximate surface area is 77.8 Å². The molecule has 0 amide bonds. The first-order valence-electron chi connectivity index (χ1n) is 4.31. The first kappa shape index (κ1) is 9.71. The van der Waals surface area contributed by atoms with E-state index in [0.717, 1.165) is 12.0 Å². The number of carbonyl (C=O) groups is 1. The van der Waals surface area contributed by atoms with Gasteiger partial charge in [0.2, 0.25) is 0 Å². The molecule has 0 bridgehead atoms. The van der Waals surface area contributed by atoms with E-state index in [1.54, 1.807) is 12.4 Å². The number of hydrogen-bond acceptors (Lipinski definition) is 3. The van der Waals surface area contributed by atoms with Gasteiger partial charge in [0.1, 0.15) is 6.10 Å². The van der Waals surface area contributed by atoms with E-state index in [1.807, 2.05) is 19.1 Å². The molecule has 13 heavy (non-hydrogen) atoms. The molecule has 0 spiro atoms. The molecule has 1 atom stereocenters. The van der Waals surface area contributed by atoms with Crippen LogP contribution in [0.3, 0.4) is 0 Å². The second-order valence-electron chi connectivity index (χ2n) is 2.79. The topological polar surface area (TPSA) is 39.2 Å². The summed E-state index contributed by atoms with van der Waals surface area (Å²) in [4.78, 5) is 14.7. The number of rotatable bonds is 3. The van der Waals surface area contributed by atoms with Crippen molar-refractivity contribution in [1.29, 1.82) is 0 Å². The van der Waals surface area contributed by atoms with Crippen LogP contribution < -0.4 is 0 Å². The molecule has 0 aliphatic heterocycles. The summed E-state index contributed by atoms with van der Waals surface area (Å²) in [6.45, 7) is 3.39. The molecule has 0 saturated heterocycles. The molecule has 0 radical (unpaired) electrons. The van der Waals surface area contributed by atoms with E-state index in [4.69, 9.17) is 4.74 Å². The van der Waals surface area contributed by atoms with Gasteiger partial charge in [-0.1, -0.05) is 13.0 Å². The van der Waals surface area contributed by atoms with Gasteiger partial charge in [-0.2, -0.15) is 0 Å². The lowest BCUT2D eigenvalue weighted by molar-refractivity contribution is -0.146. The largest absolute Gasteiger partial charge is 0.458 e. The summed E-state index contributed by atoms with van der Waals surface area (Å²) in [6.07, 6.45) is 4.03. The van der Waals surface area contributed by atoms with Crippen LogP contribution in [-0.4, -0.2) is 11.0 Å². The van der Waals surface area contributed by atoms with Gasteiger partial charge in [-0.25, -0.2) is 0 Å². The van der Waals surface area contributed by atoms with Crippen molar-refractivity contribution in [3.63, 3.8) is 0 Å². The molecule has 0 aromatic carbocycles. The molecule has 0 aliphatic rings. The van der Waals surface area contributed by atoms with Crippen molar-refractivity contribution in [2.75, 3.05) is 0 Å². The molecular weight excluding hydrogens is 166 g/mol. The van der Waals surface area contributed by atoms with Crippen molar-refractivity contribution < 1.29 is 9.53 Å². The van der Waals surface area contributed by atoms with Crippen LogP contribution in [-0.2, 0) is 9.53 Å². The Morgan fingerprint density at radius 1 is 1.69 bits per heavy atom. The molecule has 0 N–H and O–H groups in total. The van der Waals surface area contributed by atoms with Gasteiger partial charge in [-0.15, -0.1) is 0 Å². The Hall–Kier alpha value is -1.38. The predicted molar refractivity (Wildman–Crippen MR) is 49.0 cm³/mol. The molecule has 0 fully saturated rings. The zero-order valence-electron chi connectivity index (χ0n) is 7.86. The van der Waals surface area contributed by atoms with Crippen LogP contribution in [0.25, 0.3) is 0 Å². The minimum absolute atomic E-state index is 0.161. The molecule has 1 aromatic heterocycles. The molecule has 1 rings (SSSR count). The van der Waals surface area contributed by atoms with Crippen LogP contribution in [0.5, 0.6) is 0 Å². The fraction of sp³-hybridized carbons (Fsp3) is 0.400. The number of ether oxygens (including phenoxy) is 1. The van der Waals surface area contributed by atoms with Crippen molar-refractivity contribution in [3.05, 3.63) is 30.1 Å². The maximum Gasteiger partial charge on any atom is 0.303 e. The summed E-state index contributed by atoms with van der Waals surface area (Å²) in [6, 6.07) is 3.74. The smallest absolute Gasteiger partial charge is 0.303 e. The van der Waals surface area contributed by atoms with E-state index < -0.39 is 0 Å². The molecular formula is C10H13NO2. The second kappa shape index (κ2) is 4.60. The van der Waals surface area contributed by atoms with Crippen LogP contribution in [0.1, 0.15) is 31.9 Å². The maximum absolute atomic E-state index is 10.7. The molecule has 70 valence electrons. The standard InChI is InChI=1S/C10H13NO2/c1-3-10(13-8(2)12)9-5-4-6-11-7-9/h4-7,10H,3H2,1-2H3. The predicted octanol–water partition coefficient (Wildman–Crippen LogP) is 2.10. The van der Waals surface area contributed by atoms with E-state index in [2.05, 4.69) is 4.98 Å². The van der Waals surface area contributed by atoms with Crippen molar-refractivity contribution in [2.45, 2.75) is 26.4 Å². The SMILES string of the molecule is CCC(OC(C)=O)c1cccnc1. The van der Waals surface area contributed by atoms with Crippen LogP contribution in [0.4, 0.5) is 0 Å². The summed E-state index contributed by atoms with van der Waals surface area (Å²) >= 11 is 0. The quantitative estimate of drug-likeness (QED) is 0.667. The Balaban J connectivity index is 2.73. The van der Waals surface area contributed by atoms with E-state index >= 15 is 0 Å². The van der Waals surface area contributed by atoms with E-state index in [0.29, 0.717) is 0 Å².